The molecule has 2 N–H and O–H groups in total. The lowest BCUT2D eigenvalue weighted by molar-refractivity contribution is -0.137. The van der Waals surface area contributed by atoms with Gasteiger partial charge in [0.05, 0.1) is 22.6 Å². The highest BCUT2D eigenvalue weighted by Gasteiger charge is 2.34. The van der Waals surface area contributed by atoms with Crippen LogP contribution in [0.1, 0.15) is 30.7 Å². The molecule has 0 saturated carbocycles. The van der Waals surface area contributed by atoms with E-state index in [0.29, 0.717) is 11.5 Å². The molecule has 0 aliphatic rings. The first-order valence-corrected chi connectivity index (χ1v) is 12.7. The Kier molecular flexibility index (Phi) is 8.27. The van der Waals surface area contributed by atoms with Crippen molar-refractivity contribution in [3.05, 3.63) is 95.7 Å². The van der Waals surface area contributed by atoms with Crippen molar-refractivity contribution >= 4 is 23.4 Å². The average Bonchev–Trinajstić information content (AvgIpc) is 3.22. The minimum atomic E-state index is -4.65. The predicted octanol–water partition coefficient (Wildman–Crippen LogP) is 7.06. The van der Waals surface area contributed by atoms with Gasteiger partial charge in [0.1, 0.15) is 12.4 Å². The fraction of sp³-hybridized carbons (Fsp3) is 0.233. The molecule has 0 spiro atoms. The van der Waals surface area contributed by atoms with Crippen molar-refractivity contribution in [2.24, 2.45) is 0 Å². The molecule has 4 aromatic rings. The standard InChI is InChI=1S/C30H30F3N5O2/c1-19(2)37(29(40)34-24-16-10-9-15-23(24)30(31,32)33)18-26(39)35-28-27(22-13-6-5-7-14-22)21(4)36-38(28)25-17-11-8-12-20(25)3/h5-17,19H,18H2,1-4H3,(H,34,40)(H,35,39). The van der Waals surface area contributed by atoms with Crippen LogP contribution in [-0.2, 0) is 11.0 Å². The van der Waals surface area contributed by atoms with Gasteiger partial charge < -0.3 is 15.5 Å². The van der Waals surface area contributed by atoms with E-state index in [2.05, 4.69) is 10.6 Å². The quantitative estimate of drug-likeness (QED) is 0.259. The Labute approximate surface area is 230 Å². The van der Waals surface area contributed by atoms with Crippen molar-refractivity contribution in [3.63, 3.8) is 0 Å². The first-order chi connectivity index (χ1) is 19.0. The summed E-state index contributed by atoms with van der Waals surface area (Å²) in [7, 11) is 0. The number of aromatic nitrogens is 2. The number of hydrogen-bond donors (Lipinski definition) is 2. The van der Waals surface area contributed by atoms with E-state index >= 15 is 0 Å². The number of amides is 3. The number of para-hydroxylation sites is 2. The number of alkyl halides is 3. The lowest BCUT2D eigenvalue weighted by Crippen LogP contribution is -2.45. The average molecular weight is 550 g/mol. The summed E-state index contributed by atoms with van der Waals surface area (Å²) in [6.45, 7) is 6.74. The minimum absolute atomic E-state index is 0.384. The molecular weight excluding hydrogens is 519 g/mol. The van der Waals surface area contributed by atoms with Crippen LogP contribution in [0, 0.1) is 13.8 Å². The van der Waals surface area contributed by atoms with E-state index in [0.717, 1.165) is 28.4 Å². The molecule has 0 aliphatic carbocycles. The van der Waals surface area contributed by atoms with E-state index in [9.17, 15) is 22.8 Å². The number of carbonyl (C=O) groups is 2. The van der Waals surface area contributed by atoms with Gasteiger partial charge in [-0.2, -0.15) is 18.3 Å². The van der Waals surface area contributed by atoms with Gasteiger partial charge in [0.2, 0.25) is 5.91 Å². The zero-order chi connectivity index (χ0) is 29.0. The molecule has 0 atom stereocenters. The van der Waals surface area contributed by atoms with E-state index in [4.69, 9.17) is 5.10 Å². The fourth-order valence-electron chi connectivity index (χ4n) is 4.41. The highest BCUT2D eigenvalue weighted by Crippen LogP contribution is 2.35. The maximum atomic E-state index is 13.5. The lowest BCUT2D eigenvalue weighted by atomic mass is 10.1. The Bertz CT molecular complexity index is 1510. The van der Waals surface area contributed by atoms with Gasteiger partial charge in [-0.05, 0) is 57.0 Å². The Morgan fingerprint density at radius 3 is 2.17 bits per heavy atom. The third kappa shape index (κ3) is 6.17. The van der Waals surface area contributed by atoms with Crippen molar-refractivity contribution in [1.29, 1.82) is 0 Å². The molecule has 3 amide bonds. The van der Waals surface area contributed by atoms with Crippen LogP contribution < -0.4 is 10.6 Å². The Morgan fingerprint density at radius 1 is 0.900 bits per heavy atom. The topological polar surface area (TPSA) is 79.3 Å². The molecule has 4 rings (SSSR count). The van der Waals surface area contributed by atoms with E-state index in [1.807, 2.05) is 68.4 Å². The molecule has 208 valence electrons. The van der Waals surface area contributed by atoms with Crippen LogP contribution in [0.4, 0.5) is 29.5 Å². The Morgan fingerprint density at radius 2 is 1.52 bits per heavy atom. The first-order valence-electron chi connectivity index (χ1n) is 12.7. The maximum Gasteiger partial charge on any atom is 0.418 e. The van der Waals surface area contributed by atoms with Crippen LogP contribution in [0.25, 0.3) is 16.8 Å². The van der Waals surface area contributed by atoms with Gasteiger partial charge in [0.25, 0.3) is 0 Å². The van der Waals surface area contributed by atoms with Crippen molar-refractivity contribution in [1.82, 2.24) is 14.7 Å². The number of benzene rings is 3. The molecule has 0 aliphatic heterocycles. The van der Waals surface area contributed by atoms with Crippen LogP contribution in [-0.4, -0.2) is 39.2 Å². The number of anilines is 2. The van der Waals surface area contributed by atoms with E-state index < -0.39 is 36.3 Å². The molecule has 0 fully saturated rings. The Balaban J connectivity index is 1.65. The van der Waals surface area contributed by atoms with Crippen LogP contribution in [0.5, 0.6) is 0 Å². The summed E-state index contributed by atoms with van der Waals surface area (Å²) in [5.41, 5.74) is 2.60. The summed E-state index contributed by atoms with van der Waals surface area (Å²) in [6, 6.07) is 20.5. The molecule has 0 radical (unpaired) electrons. The first kappa shape index (κ1) is 28.4. The monoisotopic (exact) mass is 549 g/mol. The highest BCUT2D eigenvalue weighted by atomic mass is 19.4. The second-order valence-corrected chi connectivity index (χ2v) is 9.62. The summed E-state index contributed by atoms with van der Waals surface area (Å²) in [6.07, 6.45) is -4.65. The van der Waals surface area contributed by atoms with Gasteiger partial charge in [-0.3, -0.25) is 4.79 Å². The number of halogens is 3. The maximum absolute atomic E-state index is 13.5. The van der Waals surface area contributed by atoms with Crippen LogP contribution >= 0.6 is 0 Å². The summed E-state index contributed by atoms with van der Waals surface area (Å²) >= 11 is 0. The number of aryl methyl sites for hydroxylation is 2. The molecule has 1 heterocycles. The Hall–Kier alpha value is -4.60. The van der Waals surface area contributed by atoms with Crippen LogP contribution in [0.2, 0.25) is 0 Å². The number of nitrogens with one attached hydrogen (secondary N) is 2. The fourth-order valence-corrected chi connectivity index (χ4v) is 4.41. The summed E-state index contributed by atoms with van der Waals surface area (Å²) in [5.74, 6) is -0.102. The largest absolute Gasteiger partial charge is 0.418 e. The molecule has 40 heavy (non-hydrogen) atoms. The lowest BCUT2D eigenvalue weighted by Gasteiger charge is -2.27. The van der Waals surface area contributed by atoms with Crippen molar-refractivity contribution in [3.8, 4) is 16.8 Å². The second kappa shape index (κ2) is 11.6. The molecule has 7 nitrogen and oxygen atoms in total. The van der Waals surface area contributed by atoms with E-state index in [1.165, 1.54) is 23.1 Å². The highest BCUT2D eigenvalue weighted by molar-refractivity contribution is 5.99. The number of hydrogen-bond acceptors (Lipinski definition) is 3. The van der Waals surface area contributed by atoms with Gasteiger partial charge in [-0.15, -0.1) is 0 Å². The van der Waals surface area contributed by atoms with Crippen LogP contribution in [0.15, 0.2) is 78.9 Å². The second-order valence-electron chi connectivity index (χ2n) is 9.62. The molecule has 0 bridgehead atoms. The number of nitrogens with zero attached hydrogens (tertiary/aromatic N) is 3. The third-order valence-corrected chi connectivity index (χ3v) is 6.40. The molecule has 3 aromatic carbocycles. The van der Waals surface area contributed by atoms with E-state index in [-0.39, 0.29) is 5.69 Å². The zero-order valence-electron chi connectivity index (χ0n) is 22.6. The van der Waals surface area contributed by atoms with Crippen molar-refractivity contribution in [2.75, 3.05) is 17.2 Å². The number of rotatable bonds is 7. The molecule has 0 unspecified atom stereocenters. The number of urea groups is 1. The van der Waals surface area contributed by atoms with Gasteiger partial charge in [-0.25, -0.2) is 9.48 Å². The molecule has 1 aromatic heterocycles. The third-order valence-electron chi connectivity index (χ3n) is 6.40. The molecule has 10 heteroatoms. The van der Waals surface area contributed by atoms with Gasteiger partial charge >= 0.3 is 12.2 Å². The van der Waals surface area contributed by atoms with Crippen molar-refractivity contribution < 1.29 is 22.8 Å². The summed E-state index contributed by atoms with van der Waals surface area (Å²) in [4.78, 5) is 27.7. The zero-order valence-corrected chi connectivity index (χ0v) is 22.6. The normalized spacial score (nSPS) is 11.4. The SMILES string of the molecule is Cc1ccccc1-n1nc(C)c(-c2ccccc2)c1NC(=O)CN(C(=O)Nc1ccccc1C(F)(F)F)C(C)C. The van der Waals surface area contributed by atoms with E-state index in [1.54, 1.807) is 18.5 Å². The minimum Gasteiger partial charge on any atom is -0.313 e. The van der Waals surface area contributed by atoms with Gasteiger partial charge in [0, 0.05) is 11.6 Å². The van der Waals surface area contributed by atoms with Gasteiger partial charge in [-0.1, -0.05) is 60.7 Å². The van der Waals surface area contributed by atoms with Gasteiger partial charge in [0.15, 0.2) is 0 Å². The van der Waals surface area contributed by atoms with Crippen LogP contribution in [0.3, 0.4) is 0 Å². The predicted molar refractivity (Wildman–Crippen MR) is 149 cm³/mol. The van der Waals surface area contributed by atoms with Crippen molar-refractivity contribution in [2.45, 2.75) is 39.9 Å². The molecule has 0 saturated heterocycles. The smallest absolute Gasteiger partial charge is 0.313 e. The summed E-state index contributed by atoms with van der Waals surface area (Å²) in [5, 5.41) is 9.96. The molecular formula is C30H30F3N5O2. The number of carbonyl (C=O) groups excluding carboxylic acids is 2. The summed E-state index contributed by atoms with van der Waals surface area (Å²) < 4.78 is 42.0.